The summed E-state index contributed by atoms with van der Waals surface area (Å²) in [6.07, 6.45) is 0. The first-order chi connectivity index (χ1) is 8.56. The molecular weight excluding hydrogens is 236 g/mol. The van der Waals surface area contributed by atoms with Crippen molar-refractivity contribution >= 4 is 11.8 Å². The van der Waals surface area contributed by atoms with E-state index in [-0.39, 0.29) is 12.5 Å². The second-order valence-corrected chi connectivity index (χ2v) is 3.71. The van der Waals surface area contributed by atoms with Crippen LogP contribution in [-0.4, -0.2) is 44.5 Å². The second kappa shape index (κ2) is 6.61. The normalized spacial score (nSPS) is 9.72. The standard InChI is InChI=1S/C12H16N2O4/c1-14(2)11(15)8-18-10-7-5-4-6-9(10)12(16)13-17-3/h4-7H,8H2,1-3H3,(H,13,16). The Bertz CT molecular complexity index is 432. The van der Waals surface area contributed by atoms with Crippen LogP contribution in [0.1, 0.15) is 10.4 Å². The highest BCUT2D eigenvalue weighted by Crippen LogP contribution is 2.17. The van der Waals surface area contributed by atoms with E-state index in [4.69, 9.17) is 4.74 Å². The molecule has 0 radical (unpaired) electrons. The van der Waals surface area contributed by atoms with Gasteiger partial charge in [-0.05, 0) is 12.1 Å². The summed E-state index contributed by atoms with van der Waals surface area (Å²) >= 11 is 0. The number of hydrogen-bond donors (Lipinski definition) is 1. The lowest BCUT2D eigenvalue weighted by atomic mass is 10.2. The number of hydroxylamine groups is 1. The largest absolute Gasteiger partial charge is 0.483 e. The molecule has 0 aliphatic heterocycles. The van der Waals surface area contributed by atoms with Gasteiger partial charge in [0.2, 0.25) is 0 Å². The molecule has 98 valence electrons. The molecular formula is C12H16N2O4. The summed E-state index contributed by atoms with van der Waals surface area (Å²) < 4.78 is 5.32. The fourth-order valence-electron chi connectivity index (χ4n) is 1.20. The van der Waals surface area contributed by atoms with Gasteiger partial charge in [0.15, 0.2) is 6.61 Å². The minimum absolute atomic E-state index is 0.121. The predicted molar refractivity (Wildman–Crippen MR) is 65.1 cm³/mol. The number of nitrogens with one attached hydrogen (secondary N) is 1. The molecule has 0 atom stereocenters. The van der Waals surface area contributed by atoms with Crippen LogP contribution in [0, 0.1) is 0 Å². The molecule has 0 unspecified atom stereocenters. The van der Waals surface area contributed by atoms with Crippen LogP contribution in [0.4, 0.5) is 0 Å². The lowest BCUT2D eigenvalue weighted by molar-refractivity contribution is -0.130. The lowest BCUT2D eigenvalue weighted by Crippen LogP contribution is -2.28. The minimum Gasteiger partial charge on any atom is -0.483 e. The molecule has 0 spiro atoms. The number of para-hydroxylation sites is 1. The van der Waals surface area contributed by atoms with E-state index in [9.17, 15) is 9.59 Å². The van der Waals surface area contributed by atoms with Gasteiger partial charge in [0, 0.05) is 14.1 Å². The molecule has 0 bridgehead atoms. The number of benzene rings is 1. The minimum atomic E-state index is -0.426. The van der Waals surface area contributed by atoms with E-state index in [1.54, 1.807) is 38.4 Å². The van der Waals surface area contributed by atoms with Crippen molar-refractivity contribution in [2.24, 2.45) is 0 Å². The molecule has 1 aromatic rings. The van der Waals surface area contributed by atoms with Crippen molar-refractivity contribution < 1.29 is 19.2 Å². The van der Waals surface area contributed by atoms with Crippen LogP contribution in [0.5, 0.6) is 5.75 Å². The number of carbonyl (C=O) groups excluding carboxylic acids is 2. The van der Waals surface area contributed by atoms with E-state index in [0.717, 1.165) is 0 Å². The zero-order chi connectivity index (χ0) is 13.5. The first-order valence-electron chi connectivity index (χ1n) is 5.31. The van der Waals surface area contributed by atoms with Gasteiger partial charge in [0.25, 0.3) is 11.8 Å². The van der Waals surface area contributed by atoms with E-state index in [1.807, 2.05) is 0 Å². The molecule has 0 aliphatic rings. The van der Waals surface area contributed by atoms with Crippen molar-refractivity contribution in [1.29, 1.82) is 0 Å². The van der Waals surface area contributed by atoms with E-state index < -0.39 is 5.91 Å². The van der Waals surface area contributed by atoms with Crippen LogP contribution in [-0.2, 0) is 9.63 Å². The average molecular weight is 252 g/mol. The zero-order valence-corrected chi connectivity index (χ0v) is 10.6. The highest BCUT2D eigenvalue weighted by molar-refractivity contribution is 5.96. The molecule has 6 nitrogen and oxygen atoms in total. The van der Waals surface area contributed by atoms with E-state index in [0.29, 0.717) is 11.3 Å². The van der Waals surface area contributed by atoms with Gasteiger partial charge in [0.05, 0.1) is 12.7 Å². The van der Waals surface area contributed by atoms with Crippen molar-refractivity contribution in [3.8, 4) is 5.75 Å². The summed E-state index contributed by atoms with van der Waals surface area (Å²) in [5.74, 6) is -0.274. The maximum atomic E-state index is 11.6. The zero-order valence-electron chi connectivity index (χ0n) is 10.6. The molecule has 1 rings (SSSR count). The SMILES string of the molecule is CONC(=O)c1ccccc1OCC(=O)N(C)C. The van der Waals surface area contributed by atoms with Crippen LogP contribution < -0.4 is 10.2 Å². The monoisotopic (exact) mass is 252 g/mol. The molecule has 18 heavy (non-hydrogen) atoms. The fraction of sp³-hybridized carbons (Fsp3) is 0.333. The molecule has 0 aromatic heterocycles. The maximum absolute atomic E-state index is 11.6. The third-order valence-electron chi connectivity index (χ3n) is 2.18. The molecule has 0 aliphatic carbocycles. The van der Waals surface area contributed by atoms with Crippen molar-refractivity contribution in [3.63, 3.8) is 0 Å². The number of hydrogen-bond acceptors (Lipinski definition) is 4. The lowest BCUT2D eigenvalue weighted by Gasteiger charge is -2.13. The maximum Gasteiger partial charge on any atom is 0.278 e. The highest BCUT2D eigenvalue weighted by atomic mass is 16.6. The smallest absolute Gasteiger partial charge is 0.278 e. The van der Waals surface area contributed by atoms with Gasteiger partial charge < -0.3 is 9.64 Å². The van der Waals surface area contributed by atoms with Gasteiger partial charge in [-0.25, -0.2) is 5.48 Å². The number of carbonyl (C=O) groups is 2. The van der Waals surface area contributed by atoms with E-state index in [1.165, 1.54) is 12.0 Å². The Hall–Kier alpha value is -2.08. The summed E-state index contributed by atoms with van der Waals surface area (Å²) in [5.41, 5.74) is 2.51. The summed E-state index contributed by atoms with van der Waals surface area (Å²) in [6, 6.07) is 6.63. The third-order valence-corrected chi connectivity index (χ3v) is 2.18. The Kier molecular flexibility index (Phi) is 5.13. The van der Waals surface area contributed by atoms with Crippen LogP contribution in [0.2, 0.25) is 0 Å². The fourth-order valence-corrected chi connectivity index (χ4v) is 1.20. The van der Waals surface area contributed by atoms with Crippen LogP contribution >= 0.6 is 0 Å². The van der Waals surface area contributed by atoms with Crippen LogP contribution in [0.3, 0.4) is 0 Å². The van der Waals surface area contributed by atoms with Crippen molar-refractivity contribution in [3.05, 3.63) is 29.8 Å². The molecule has 0 heterocycles. The Morgan fingerprint density at radius 2 is 1.94 bits per heavy atom. The Balaban J connectivity index is 2.76. The number of likely N-dealkylation sites (N-methyl/N-ethyl adjacent to an activating group) is 1. The molecule has 1 aromatic carbocycles. The Labute approximate surface area is 105 Å². The first kappa shape index (κ1) is 14.0. The van der Waals surface area contributed by atoms with Gasteiger partial charge in [-0.3, -0.25) is 14.4 Å². The number of amides is 2. The molecule has 0 saturated heterocycles. The summed E-state index contributed by atoms with van der Waals surface area (Å²) in [6.45, 7) is -0.121. The van der Waals surface area contributed by atoms with Crippen molar-refractivity contribution in [1.82, 2.24) is 10.4 Å². The third kappa shape index (κ3) is 3.74. The molecule has 0 saturated carbocycles. The molecule has 6 heteroatoms. The van der Waals surface area contributed by atoms with Gasteiger partial charge in [-0.1, -0.05) is 12.1 Å². The average Bonchev–Trinajstić information content (AvgIpc) is 2.36. The first-order valence-corrected chi connectivity index (χ1v) is 5.31. The molecule has 2 amide bonds. The number of nitrogens with zero attached hydrogens (tertiary/aromatic N) is 1. The highest BCUT2D eigenvalue weighted by Gasteiger charge is 2.13. The van der Waals surface area contributed by atoms with Gasteiger partial charge >= 0.3 is 0 Å². The predicted octanol–water partition coefficient (Wildman–Crippen LogP) is 0.445. The van der Waals surface area contributed by atoms with E-state index in [2.05, 4.69) is 10.3 Å². The summed E-state index contributed by atoms with van der Waals surface area (Å²) in [5, 5.41) is 0. The summed E-state index contributed by atoms with van der Waals surface area (Å²) in [7, 11) is 4.61. The Morgan fingerprint density at radius 1 is 1.28 bits per heavy atom. The van der Waals surface area contributed by atoms with Gasteiger partial charge in [-0.15, -0.1) is 0 Å². The van der Waals surface area contributed by atoms with Crippen molar-refractivity contribution in [2.75, 3.05) is 27.8 Å². The van der Waals surface area contributed by atoms with Gasteiger partial charge in [-0.2, -0.15) is 0 Å². The Morgan fingerprint density at radius 3 is 2.56 bits per heavy atom. The quantitative estimate of drug-likeness (QED) is 0.772. The number of rotatable bonds is 5. The second-order valence-electron chi connectivity index (χ2n) is 3.71. The van der Waals surface area contributed by atoms with E-state index >= 15 is 0 Å². The molecule has 0 fully saturated rings. The summed E-state index contributed by atoms with van der Waals surface area (Å²) in [4.78, 5) is 29.0. The number of ether oxygens (including phenoxy) is 1. The van der Waals surface area contributed by atoms with Crippen LogP contribution in [0.15, 0.2) is 24.3 Å². The van der Waals surface area contributed by atoms with Crippen molar-refractivity contribution in [2.45, 2.75) is 0 Å². The van der Waals surface area contributed by atoms with Crippen LogP contribution in [0.25, 0.3) is 0 Å². The molecule has 1 N–H and O–H groups in total. The van der Waals surface area contributed by atoms with Gasteiger partial charge in [0.1, 0.15) is 5.75 Å². The topological polar surface area (TPSA) is 67.9 Å².